The van der Waals surface area contributed by atoms with Gasteiger partial charge in [0.1, 0.15) is 4.90 Å². The lowest BCUT2D eigenvalue weighted by atomic mass is 10.2. The molecule has 0 fully saturated rings. The standard InChI is InChI=1S/C13H21N3O3S/c1-10(2)8-16-13(17)9-15-11-6-4-5-7-12(11)20(18,19)14-3/h4-7,10,14-15H,8-9H2,1-3H3,(H,16,17). The summed E-state index contributed by atoms with van der Waals surface area (Å²) < 4.78 is 25.9. The molecular formula is C13H21N3O3S. The number of rotatable bonds is 7. The van der Waals surface area contributed by atoms with Crippen molar-refractivity contribution in [1.82, 2.24) is 10.0 Å². The van der Waals surface area contributed by atoms with E-state index in [1.165, 1.54) is 13.1 Å². The average molecular weight is 299 g/mol. The van der Waals surface area contributed by atoms with Crippen molar-refractivity contribution in [3.05, 3.63) is 24.3 Å². The van der Waals surface area contributed by atoms with E-state index in [1.807, 2.05) is 13.8 Å². The number of hydrogen-bond acceptors (Lipinski definition) is 4. The van der Waals surface area contributed by atoms with Crippen molar-refractivity contribution in [2.45, 2.75) is 18.7 Å². The summed E-state index contributed by atoms with van der Waals surface area (Å²) in [5.41, 5.74) is 0.404. The minimum atomic E-state index is -3.55. The Morgan fingerprint density at radius 2 is 1.90 bits per heavy atom. The highest BCUT2D eigenvalue weighted by Crippen LogP contribution is 2.19. The largest absolute Gasteiger partial charge is 0.375 e. The Morgan fingerprint density at radius 3 is 2.50 bits per heavy atom. The van der Waals surface area contributed by atoms with E-state index in [2.05, 4.69) is 15.4 Å². The van der Waals surface area contributed by atoms with E-state index in [9.17, 15) is 13.2 Å². The van der Waals surface area contributed by atoms with E-state index in [-0.39, 0.29) is 17.3 Å². The van der Waals surface area contributed by atoms with E-state index >= 15 is 0 Å². The van der Waals surface area contributed by atoms with Crippen LogP contribution in [-0.2, 0) is 14.8 Å². The van der Waals surface area contributed by atoms with Gasteiger partial charge in [-0.1, -0.05) is 26.0 Å². The molecule has 0 unspecified atom stereocenters. The van der Waals surface area contributed by atoms with E-state index < -0.39 is 10.0 Å². The van der Waals surface area contributed by atoms with Crippen molar-refractivity contribution in [3.8, 4) is 0 Å². The van der Waals surface area contributed by atoms with Gasteiger partial charge in [0.25, 0.3) is 0 Å². The Bertz CT molecular complexity index is 556. The Kier molecular flexibility index (Phi) is 5.97. The monoisotopic (exact) mass is 299 g/mol. The van der Waals surface area contributed by atoms with E-state index in [0.29, 0.717) is 18.2 Å². The fourth-order valence-corrected chi connectivity index (χ4v) is 2.42. The van der Waals surface area contributed by atoms with Crippen molar-refractivity contribution < 1.29 is 13.2 Å². The quantitative estimate of drug-likeness (QED) is 0.694. The molecule has 0 atom stereocenters. The molecule has 0 bridgehead atoms. The van der Waals surface area contributed by atoms with Crippen molar-refractivity contribution in [1.29, 1.82) is 0 Å². The molecule has 1 aromatic carbocycles. The van der Waals surface area contributed by atoms with E-state index in [4.69, 9.17) is 0 Å². The highest BCUT2D eigenvalue weighted by atomic mass is 32.2. The fraction of sp³-hybridized carbons (Fsp3) is 0.462. The Hall–Kier alpha value is -1.60. The minimum Gasteiger partial charge on any atom is -0.375 e. The van der Waals surface area contributed by atoms with Crippen molar-refractivity contribution in [2.24, 2.45) is 5.92 Å². The lowest BCUT2D eigenvalue weighted by molar-refractivity contribution is -0.119. The first-order chi connectivity index (χ1) is 9.36. The van der Waals surface area contributed by atoms with Gasteiger partial charge in [-0.3, -0.25) is 4.79 Å². The van der Waals surface area contributed by atoms with Gasteiger partial charge in [0.2, 0.25) is 15.9 Å². The molecule has 0 spiro atoms. The van der Waals surface area contributed by atoms with Gasteiger partial charge < -0.3 is 10.6 Å². The predicted octanol–water partition coefficient (Wildman–Crippen LogP) is 0.779. The number of benzene rings is 1. The van der Waals surface area contributed by atoms with Crippen molar-refractivity contribution in [3.63, 3.8) is 0 Å². The maximum absolute atomic E-state index is 11.8. The lowest BCUT2D eigenvalue weighted by Crippen LogP contribution is -2.33. The second kappa shape index (κ2) is 7.25. The topological polar surface area (TPSA) is 87.3 Å². The molecule has 0 aliphatic carbocycles. The minimum absolute atomic E-state index is 0.0307. The average Bonchev–Trinajstić information content (AvgIpc) is 2.43. The third-order valence-corrected chi connectivity index (χ3v) is 4.06. The van der Waals surface area contributed by atoms with E-state index in [0.717, 1.165) is 0 Å². The molecule has 0 aromatic heterocycles. The third kappa shape index (κ3) is 4.82. The zero-order valence-corrected chi connectivity index (χ0v) is 12.8. The number of amides is 1. The summed E-state index contributed by atoms with van der Waals surface area (Å²) >= 11 is 0. The molecule has 1 rings (SSSR count). The number of para-hydroxylation sites is 1. The fourth-order valence-electron chi connectivity index (χ4n) is 1.51. The van der Waals surface area contributed by atoms with Crippen LogP contribution < -0.4 is 15.4 Å². The van der Waals surface area contributed by atoms with Crippen LogP contribution in [0.3, 0.4) is 0 Å². The molecule has 0 saturated heterocycles. The van der Waals surface area contributed by atoms with Crippen LogP contribution in [0.1, 0.15) is 13.8 Å². The van der Waals surface area contributed by atoms with Gasteiger partial charge in [-0.15, -0.1) is 0 Å². The molecule has 7 heteroatoms. The zero-order valence-electron chi connectivity index (χ0n) is 11.9. The molecule has 0 radical (unpaired) electrons. The summed E-state index contributed by atoms with van der Waals surface area (Å²) in [4.78, 5) is 11.7. The summed E-state index contributed by atoms with van der Waals surface area (Å²) in [5.74, 6) is 0.200. The van der Waals surface area contributed by atoms with Crippen LogP contribution in [0.5, 0.6) is 0 Å². The van der Waals surface area contributed by atoms with Crippen LogP contribution >= 0.6 is 0 Å². The molecule has 0 aliphatic rings. The first kappa shape index (κ1) is 16.5. The second-order valence-corrected chi connectivity index (χ2v) is 6.61. The molecule has 1 amide bonds. The van der Waals surface area contributed by atoms with Gasteiger partial charge in [0.05, 0.1) is 12.2 Å². The molecule has 0 heterocycles. The number of nitrogens with one attached hydrogen (secondary N) is 3. The highest BCUT2D eigenvalue weighted by Gasteiger charge is 2.16. The molecule has 3 N–H and O–H groups in total. The first-order valence-electron chi connectivity index (χ1n) is 6.40. The smallest absolute Gasteiger partial charge is 0.242 e. The maximum Gasteiger partial charge on any atom is 0.242 e. The van der Waals surface area contributed by atoms with Crippen LogP contribution in [0, 0.1) is 5.92 Å². The van der Waals surface area contributed by atoms with Crippen LogP contribution in [-0.4, -0.2) is 34.5 Å². The molecule has 1 aromatic rings. The Balaban J connectivity index is 2.72. The summed E-state index contributed by atoms with van der Waals surface area (Å²) in [7, 11) is -2.20. The molecule has 20 heavy (non-hydrogen) atoms. The van der Waals surface area contributed by atoms with Gasteiger partial charge in [-0.25, -0.2) is 13.1 Å². The van der Waals surface area contributed by atoms with Crippen molar-refractivity contribution >= 4 is 21.6 Å². The Labute approximate surface area is 120 Å². The Morgan fingerprint density at radius 1 is 1.25 bits per heavy atom. The van der Waals surface area contributed by atoms with Gasteiger partial charge in [0.15, 0.2) is 0 Å². The SMILES string of the molecule is CNS(=O)(=O)c1ccccc1NCC(=O)NCC(C)C. The van der Waals surface area contributed by atoms with Crippen LogP contribution in [0.15, 0.2) is 29.2 Å². The van der Waals surface area contributed by atoms with Gasteiger partial charge in [-0.05, 0) is 25.1 Å². The zero-order chi connectivity index (χ0) is 15.2. The summed E-state index contributed by atoms with van der Waals surface area (Å²) in [5, 5.41) is 5.60. The van der Waals surface area contributed by atoms with Gasteiger partial charge in [0, 0.05) is 6.54 Å². The number of carbonyl (C=O) groups is 1. The van der Waals surface area contributed by atoms with Gasteiger partial charge >= 0.3 is 0 Å². The maximum atomic E-state index is 11.8. The predicted molar refractivity (Wildman–Crippen MR) is 79.0 cm³/mol. The number of carbonyl (C=O) groups excluding carboxylic acids is 1. The van der Waals surface area contributed by atoms with Crippen LogP contribution in [0.2, 0.25) is 0 Å². The lowest BCUT2D eigenvalue weighted by Gasteiger charge is -2.12. The normalized spacial score (nSPS) is 11.4. The van der Waals surface area contributed by atoms with Crippen molar-refractivity contribution in [2.75, 3.05) is 25.5 Å². The first-order valence-corrected chi connectivity index (χ1v) is 7.88. The van der Waals surface area contributed by atoms with Gasteiger partial charge in [-0.2, -0.15) is 0 Å². The third-order valence-electron chi connectivity index (χ3n) is 2.59. The van der Waals surface area contributed by atoms with E-state index in [1.54, 1.807) is 18.2 Å². The molecule has 0 aliphatic heterocycles. The van der Waals surface area contributed by atoms with Crippen LogP contribution in [0.25, 0.3) is 0 Å². The molecule has 6 nitrogen and oxygen atoms in total. The summed E-state index contributed by atoms with van der Waals surface area (Å²) in [6.45, 7) is 4.63. The number of hydrogen-bond donors (Lipinski definition) is 3. The summed E-state index contributed by atoms with van der Waals surface area (Å²) in [6.07, 6.45) is 0. The summed E-state index contributed by atoms with van der Waals surface area (Å²) in [6, 6.07) is 6.46. The van der Waals surface area contributed by atoms with Crippen LogP contribution in [0.4, 0.5) is 5.69 Å². The molecule has 0 saturated carbocycles. The second-order valence-electron chi connectivity index (χ2n) is 4.76. The number of anilines is 1. The molecule has 112 valence electrons. The number of sulfonamides is 1. The molecular weight excluding hydrogens is 278 g/mol. The highest BCUT2D eigenvalue weighted by molar-refractivity contribution is 7.89.